The Hall–Kier alpha value is -2.93. The largest absolute Gasteiger partial charge is 0.477 e. The van der Waals surface area contributed by atoms with E-state index in [2.05, 4.69) is 12.0 Å². The lowest BCUT2D eigenvalue weighted by Gasteiger charge is -2.32. The number of benzene rings is 1. The second kappa shape index (κ2) is 9.28. The summed E-state index contributed by atoms with van der Waals surface area (Å²) >= 11 is 1.53. The third kappa shape index (κ3) is 4.48. The van der Waals surface area contributed by atoms with Crippen LogP contribution in [0.5, 0.6) is 0 Å². The second-order valence-corrected chi connectivity index (χ2v) is 9.94. The van der Waals surface area contributed by atoms with Gasteiger partial charge in [0, 0.05) is 23.0 Å². The highest BCUT2D eigenvalue weighted by atomic mass is 32.1. The Kier molecular flexibility index (Phi) is 6.46. The molecule has 1 aromatic carbocycles. The van der Waals surface area contributed by atoms with Crippen molar-refractivity contribution in [1.29, 1.82) is 0 Å². The Labute approximate surface area is 192 Å². The number of aromatic nitrogens is 2. The topological polar surface area (TPSA) is 75.4 Å². The van der Waals surface area contributed by atoms with Gasteiger partial charge < -0.3 is 5.11 Å². The number of anilines is 1. The van der Waals surface area contributed by atoms with E-state index in [9.17, 15) is 14.7 Å². The number of amides is 1. The Morgan fingerprint density at radius 3 is 2.41 bits per heavy atom. The van der Waals surface area contributed by atoms with E-state index in [4.69, 9.17) is 0 Å². The molecule has 0 spiro atoms. The molecule has 1 fully saturated rings. The fourth-order valence-corrected chi connectivity index (χ4v) is 5.26. The molecule has 7 heteroatoms. The Morgan fingerprint density at radius 2 is 1.78 bits per heavy atom. The Morgan fingerprint density at radius 1 is 1.09 bits per heavy atom. The smallest absolute Gasteiger partial charge is 0.341 e. The number of nitrogens with zero attached hydrogens (tertiary/aromatic N) is 3. The lowest BCUT2D eigenvalue weighted by atomic mass is 9.82. The van der Waals surface area contributed by atoms with Gasteiger partial charge in [-0.1, -0.05) is 37.3 Å². The van der Waals surface area contributed by atoms with Crippen LogP contribution in [0.1, 0.15) is 56.8 Å². The maximum absolute atomic E-state index is 13.4. The van der Waals surface area contributed by atoms with Gasteiger partial charge in [-0.15, -0.1) is 16.4 Å². The summed E-state index contributed by atoms with van der Waals surface area (Å²) < 4.78 is 1.58. The molecule has 0 radical (unpaired) electrons. The zero-order valence-corrected chi connectivity index (χ0v) is 19.5. The van der Waals surface area contributed by atoms with Gasteiger partial charge in [-0.3, -0.25) is 9.69 Å². The van der Waals surface area contributed by atoms with Crippen LogP contribution in [0.4, 0.5) is 5.82 Å². The number of hydrogen-bond donors (Lipinski definition) is 1. The van der Waals surface area contributed by atoms with E-state index >= 15 is 0 Å². The van der Waals surface area contributed by atoms with Crippen LogP contribution >= 0.6 is 11.3 Å². The molecule has 0 aliphatic heterocycles. The average molecular weight is 452 g/mol. The van der Waals surface area contributed by atoms with Crippen LogP contribution in [0.3, 0.4) is 0 Å². The van der Waals surface area contributed by atoms with Crippen LogP contribution in [0, 0.1) is 11.8 Å². The van der Waals surface area contributed by atoms with Gasteiger partial charge in [-0.2, -0.15) is 0 Å². The quantitative estimate of drug-likeness (QED) is 0.509. The zero-order valence-electron chi connectivity index (χ0n) is 18.7. The van der Waals surface area contributed by atoms with Crippen molar-refractivity contribution in [1.82, 2.24) is 9.78 Å². The van der Waals surface area contributed by atoms with Crippen molar-refractivity contribution >= 4 is 29.0 Å². The SMILES string of the molecule is CC1CCC(C(=O)N(c2nn(-c3ccc(-c4ccccc4)s3)cc2C(=O)O)C(C)C)CC1. The van der Waals surface area contributed by atoms with Gasteiger partial charge in [0.15, 0.2) is 5.82 Å². The molecule has 168 valence electrons. The maximum atomic E-state index is 13.4. The predicted molar refractivity (Wildman–Crippen MR) is 128 cm³/mol. The zero-order chi connectivity index (χ0) is 22.8. The number of carbonyl (C=O) groups excluding carboxylic acids is 1. The molecule has 32 heavy (non-hydrogen) atoms. The summed E-state index contributed by atoms with van der Waals surface area (Å²) in [5.74, 6) is -0.312. The summed E-state index contributed by atoms with van der Waals surface area (Å²) in [5, 5.41) is 15.3. The third-order valence-corrected chi connectivity index (χ3v) is 7.27. The number of carboxylic acid groups (broad SMARTS) is 1. The van der Waals surface area contributed by atoms with Gasteiger partial charge in [0.05, 0.1) is 0 Å². The molecule has 0 bridgehead atoms. The fraction of sp³-hybridized carbons (Fsp3) is 0.400. The lowest BCUT2D eigenvalue weighted by molar-refractivity contribution is -0.123. The highest BCUT2D eigenvalue weighted by Gasteiger charge is 2.34. The van der Waals surface area contributed by atoms with Crippen LogP contribution in [-0.4, -0.2) is 32.8 Å². The molecule has 0 atom stereocenters. The molecule has 1 amide bonds. The van der Waals surface area contributed by atoms with Gasteiger partial charge in [0.1, 0.15) is 10.6 Å². The minimum Gasteiger partial charge on any atom is -0.477 e. The van der Waals surface area contributed by atoms with E-state index in [1.807, 2.05) is 56.3 Å². The molecule has 1 aliphatic rings. The van der Waals surface area contributed by atoms with E-state index in [-0.39, 0.29) is 29.2 Å². The molecule has 1 N–H and O–H groups in total. The van der Waals surface area contributed by atoms with Crippen molar-refractivity contribution in [2.75, 3.05) is 4.90 Å². The molecule has 3 aromatic rings. The first kappa shape index (κ1) is 22.3. The minimum atomic E-state index is -1.08. The molecule has 2 heterocycles. The third-order valence-electron chi connectivity index (χ3n) is 6.15. The van der Waals surface area contributed by atoms with E-state index in [1.54, 1.807) is 9.58 Å². The van der Waals surface area contributed by atoms with Crippen molar-refractivity contribution in [3.8, 4) is 15.4 Å². The van der Waals surface area contributed by atoms with Crippen LogP contribution in [0.2, 0.25) is 0 Å². The van der Waals surface area contributed by atoms with Crippen molar-refractivity contribution in [2.45, 2.75) is 52.5 Å². The summed E-state index contributed by atoms with van der Waals surface area (Å²) in [6.07, 6.45) is 5.26. The number of hydrogen-bond acceptors (Lipinski definition) is 4. The monoisotopic (exact) mass is 451 g/mol. The Balaban J connectivity index is 1.68. The summed E-state index contributed by atoms with van der Waals surface area (Å²) in [4.78, 5) is 28.2. The highest BCUT2D eigenvalue weighted by molar-refractivity contribution is 7.17. The first-order valence-electron chi connectivity index (χ1n) is 11.2. The normalized spacial score (nSPS) is 18.6. The number of carbonyl (C=O) groups is 2. The average Bonchev–Trinajstić information content (AvgIpc) is 3.42. The van der Waals surface area contributed by atoms with Crippen LogP contribution in [0.25, 0.3) is 15.4 Å². The van der Waals surface area contributed by atoms with Crippen LogP contribution in [0.15, 0.2) is 48.7 Å². The molecule has 4 rings (SSSR count). The Bertz CT molecular complexity index is 1090. The molecule has 0 saturated heterocycles. The van der Waals surface area contributed by atoms with E-state index < -0.39 is 5.97 Å². The van der Waals surface area contributed by atoms with E-state index in [1.165, 1.54) is 17.5 Å². The highest BCUT2D eigenvalue weighted by Crippen LogP contribution is 2.34. The summed E-state index contributed by atoms with van der Waals surface area (Å²) in [7, 11) is 0. The van der Waals surface area contributed by atoms with Crippen LogP contribution in [-0.2, 0) is 4.79 Å². The van der Waals surface area contributed by atoms with Gasteiger partial charge in [0.2, 0.25) is 5.91 Å². The van der Waals surface area contributed by atoms with Gasteiger partial charge >= 0.3 is 5.97 Å². The summed E-state index contributed by atoms with van der Waals surface area (Å²) in [6.45, 7) is 6.04. The second-order valence-electron chi connectivity index (χ2n) is 8.88. The minimum absolute atomic E-state index is 0.0178. The van der Waals surface area contributed by atoms with Gasteiger partial charge in [-0.05, 0) is 63.1 Å². The van der Waals surface area contributed by atoms with Crippen LogP contribution < -0.4 is 4.90 Å². The number of carboxylic acids is 1. The molecule has 1 aliphatic carbocycles. The van der Waals surface area contributed by atoms with Gasteiger partial charge in [0.25, 0.3) is 0 Å². The van der Waals surface area contributed by atoms with E-state index in [0.717, 1.165) is 41.1 Å². The number of aromatic carboxylic acids is 1. The standard InChI is InChI=1S/C25H29N3O3S/c1-16(2)28(24(29)19-11-9-17(3)10-12-19)23-20(25(30)31)15-27(26-23)22-14-13-21(32-22)18-7-5-4-6-8-18/h4-8,13-17,19H,9-12H2,1-3H3,(H,30,31). The van der Waals surface area contributed by atoms with Crippen molar-refractivity contribution in [2.24, 2.45) is 11.8 Å². The molecule has 2 aromatic heterocycles. The summed E-state index contributed by atoms with van der Waals surface area (Å²) in [6, 6.07) is 13.8. The number of thiophene rings is 1. The van der Waals surface area contributed by atoms with Crippen molar-refractivity contribution in [3.05, 3.63) is 54.2 Å². The van der Waals surface area contributed by atoms with Crippen molar-refractivity contribution in [3.63, 3.8) is 0 Å². The number of rotatable bonds is 6. The molecule has 6 nitrogen and oxygen atoms in total. The molecular weight excluding hydrogens is 422 g/mol. The fourth-order valence-electron chi connectivity index (χ4n) is 4.32. The van der Waals surface area contributed by atoms with Gasteiger partial charge in [-0.25, -0.2) is 9.48 Å². The summed E-state index contributed by atoms with van der Waals surface area (Å²) in [5.41, 5.74) is 1.14. The molecular formula is C25H29N3O3S. The lowest BCUT2D eigenvalue weighted by Crippen LogP contribution is -2.43. The van der Waals surface area contributed by atoms with Crippen molar-refractivity contribution < 1.29 is 14.7 Å². The first-order chi connectivity index (χ1) is 15.3. The molecule has 1 saturated carbocycles. The maximum Gasteiger partial charge on any atom is 0.341 e. The van der Waals surface area contributed by atoms with E-state index in [0.29, 0.717) is 5.92 Å². The first-order valence-corrected chi connectivity index (χ1v) is 12.0. The predicted octanol–water partition coefficient (Wildman–Crippen LogP) is 5.87. The molecule has 0 unspecified atom stereocenters.